The maximum atomic E-state index is 13.0. The molecule has 1 aromatic carbocycles. The van der Waals surface area contributed by atoms with Gasteiger partial charge in [-0.3, -0.25) is 4.98 Å². The zero-order valence-electron chi connectivity index (χ0n) is 14.5. The summed E-state index contributed by atoms with van der Waals surface area (Å²) in [6.07, 6.45) is 3.38. The van der Waals surface area contributed by atoms with E-state index < -0.39 is 0 Å². The molecule has 0 saturated heterocycles. The minimum absolute atomic E-state index is 0. The van der Waals surface area contributed by atoms with Gasteiger partial charge in [-0.2, -0.15) is 0 Å². The molecular weight excluding hydrogens is 434 g/mol. The van der Waals surface area contributed by atoms with E-state index in [1.807, 2.05) is 31.0 Å². The van der Waals surface area contributed by atoms with Crippen LogP contribution in [0.3, 0.4) is 0 Å². The third-order valence-electron chi connectivity index (χ3n) is 3.29. The molecule has 0 unspecified atom stereocenters. The molecule has 2 aromatic rings. The number of ether oxygens (including phenoxy) is 1. The average Bonchev–Trinajstić information content (AvgIpc) is 2.60. The van der Waals surface area contributed by atoms with E-state index in [0.717, 1.165) is 23.8 Å². The quantitative estimate of drug-likeness (QED) is 0.300. The first kappa shape index (κ1) is 21.1. The molecule has 136 valence electrons. The second-order valence-electron chi connectivity index (χ2n) is 5.26. The van der Waals surface area contributed by atoms with Crippen LogP contribution in [-0.2, 0) is 6.54 Å². The molecule has 0 aliphatic rings. The molecular formula is C18H24FIN4O. The zero-order chi connectivity index (χ0) is 17.2. The summed E-state index contributed by atoms with van der Waals surface area (Å²) in [6.45, 7) is 4.45. The summed E-state index contributed by atoms with van der Waals surface area (Å²) < 4.78 is 18.6. The third-order valence-corrected chi connectivity index (χ3v) is 3.29. The largest absolute Gasteiger partial charge is 0.490 e. The van der Waals surface area contributed by atoms with Gasteiger partial charge in [-0.15, -0.1) is 24.0 Å². The van der Waals surface area contributed by atoms with Crippen LogP contribution in [0.2, 0.25) is 0 Å². The Kier molecular flexibility index (Phi) is 9.83. The van der Waals surface area contributed by atoms with Crippen LogP contribution in [0, 0.1) is 5.82 Å². The Morgan fingerprint density at radius 1 is 1.28 bits per heavy atom. The number of halogens is 2. The Morgan fingerprint density at radius 2 is 2.04 bits per heavy atom. The molecule has 0 bridgehead atoms. The lowest BCUT2D eigenvalue weighted by atomic mass is 10.2. The number of pyridine rings is 1. The Morgan fingerprint density at radius 3 is 2.68 bits per heavy atom. The molecule has 0 saturated carbocycles. The number of aliphatic imine (C=N–C) groups is 1. The third kappa shape index (κ3) is 7.68. The Hall–Kier alpha value is -1.90. The molecule has 25 heavy (non-hydrogen) atoms. The number of rotatable bonds is 7. The Labute approximate surface area is 165 Å². The van der Waals surface area contributed by atoms with Gasteiger partial charge in [0.2, 0.25) is 0 Å². The van der Waals surface area contributed by atoms with Gasteiger partial charge >= 0.3 is 0 Å². The molecule has 0 fully saturated rings. The molecule has 0 atom stereocenters. The highest BCUT2D eigenvalue weighted by molar-refractivity contribution is 14.0. The van der Waals surface area contributed by atoms with E-state index in [4.69, 9.17) is 4.74 Å². The van der Waals surface area contributed by atoms with Crippen molar-refractivity contribution >= 4 is 29.9 Å². The second kappa shape index (κ2) is 11.6. The molecule has 0 amide bonds. The number of benzene rings is 1. The molecule has 0 aliphatic heterocycles. The van der Waals surface area contributed by atoms with E-state index in [2.05, 4.69) is 15.3 Å². The molecule has 0 spiro atoms. The van der Waals surface area contributed by atoms with Crippen LogP contribution in [0.25, 0.3) is 0 Å². The first-order chi connectivity index (χ1) is 11.7. The first-order valence-corrected chi connectivity index (χ1v) is 7.95. The molecule has 0 radical (unpaired) electrons. The lowest BCUT2D eigenvalue weighted by Crippen LogP contribution is -2.38. The SMILES string of the molecule is CCNC(=NCCOc1cccnc1)N(C)Cc1ccc(F)cc1.I. The van der Waals surface area contributed by atoms with E-state index in [1.165, 1.54) is 12.1 Å². The van der Waals surface area contributed by atoms with Gasteiger partial charge in [-0.1, -0.05) is 12.1 Å². The predicted molar refractivity (Wildman–Crippen MR) is 109 cm³/mol. The molecule has 1 N–H and O–H groups in total. The summed E-state index contributed by atoms with van der Waals surface area (Å²) in [4.78, 5) is 10.6. The maximum Gasteiger partial charge on any atom is 0.194 e. The summed E-state index contributed by atoms with van der Waals surface area (Å²) >= 11 is 0. The topological polar surface area (TPSA) is 49.8 Å². The van der Waals surface area contributed by atoms with Crippen LogP contribution < -0.4 is 10.1 Å². The van der Waals surface area contributed by atoms with Gasteiger partial charge in [0.05, 0.1) is 12.7 Å². The zero-order valence-corrected chi connectivity index (χ0v) is 16.8. The summed E-state index contributed by atoms with van der Waals surface area (Å²) in [5, 5.41) is 3.25. The van der Waals surface area contributed by atoms with Crippen LogP contribution in [0.15, 0.2) is 53.8 Å². The van der Waals surface area contributed by atoms with E-state index in [1.54, 1.807) is 24.5 Å². The smallest absolute Gasteiger partial charge is 0.194 e. The fourth-order valence-electron chi connectivity index (χ4n) is 2.16. The second-order valence-corrected chi connectivity index (χ2v) is 5.26. The molecule has 5 nitrogen and oxygen atoms in total. The number of hydrogen-bond acceptors (Lipinski definition) is 3. The molecule has 1 aromatic heterocycles. The van der Waals surface area contributed by atoms with Crippen molar-refractivity contribution < 1.29 is 9.13 Å². The minimum Gasteiger partial charge on any atom is -0.490 e. The van der Waals surface area contributed by atoms with Crippen molar-refractivity contribution in [3.63, 3.8) is 0 Å². The summed E-state index contributed by atoms with van der Waals surface area (Å²) in [5.74, 6) is 1.29. The highest BCUT2D eigenvalue weighted by atomic mass is 127. The van der Waals surface area contributed by atoms with Gasteiger partial charge in [0, 0.05) is 26.3 Å². The summed E-state index contributed by atoms with van der Waals surface area (Å²) in [6, 6.07) is 10.2. The van der Waals surface area contributed by atoms with Crippen molar-refractivity contribution in [3.8, 4) is 5.75 Å². The van der Waals surface area contributed by atoms with E-state index in [-0.39, 0.29) is 29.8 Å². The molecule has 2 rings (SSSR count). The Balaban J connectivity index is 0.00000312. The number of hydrogen-bond donors (Lipinski definition) is 1. The van der Waals surface area contributed by atoms with E-state index in [0.29, 0.717) is 19.7 Å². The maximum absolute atomic E-state index is 13.0. The average molecular weight is 458 g/mol. The number of guanidine groups is 1. The number of nitrogens with zero attached hydrogens (tertiary/aromatic N) is 3. The van der Waals surface area contributed by atoms with E-state index in [9.17, 15) is 4.39 Å². The van der Waals surface area contributed by atoms with Crippen molar-refractivity contribution in [2.24, 2.45) is 4.99 Å². The van der Waals surface area contributed by atoms with Gasteiger partial charge < -0.3 is 15.0 Å². The monoisotopic (exact) mass is 458 g/mol. The Bertz CT molecular complexity index is 637. The van der Waals surface area contributed by atoms with Crippen LogP contribution in [0.5, 0.6) is 5.75 Å². The fraction of sp³-hybridized carbons (Fsp3) is 0.333. The lowest BCUT2D eigenvalue weighted by molar-refractivity contribution is 0.326. The van der Waals surface area contributed by atoms with Crippen molar-refractivity contribution in [2.45, 2.75) is 13.5 Å². The molecule has 1 heterocycles. The van der Waals surface area contributed by atoms with Gasteiger partial charge in [-0.05, 0) is 36.8 Å². The van der Waals surface area contributed by atoms with Crippen molar-refractivity contribution in [1.82, 2.24) is 15.2 Å². The summed E-state index contributed by atoms with van der Waals surface area (Å²) in [5.41, 5.74) is 1.02. The lowest BCUT2D eigenvalue weighted by Gasteiger charge is -2.22. The normalized spacial score (nSPS) is 10.8. The van der Waals surface area contributed by atoms with Crippen LogP contribution >= 0.6 is 24.0 Å². The van der Waals surface area contributed by atoms with Gasteiger partial charge in [0.25, 0.3) is 0 Å². The van der Waals surface area contributed by atoms with Crippen molar-refractivity contribution in [2.75, 3.05) is 26.7 Å². The van der Waals surface area contributed by atoms with Crippen LogP contribution in [0.1, 0.15) is 12.5 Å². The molecule has 0 aliphatic carbocycles. The van der Waals surface area contributed by atoms with Crippen molar-refractivity contribution in [3.05, 3.63) is 60.2 Å². The summed E-state index contributed by atoms with van der Waals surface area (Å²) in [7, 11) is 1.95. The van der Waals surface area contributed by atoms with Crippen molar-refractivity contribution in [1.29, 1.82) is 0 Å². The molecule has 7 heteroatoms. The minimum atomic E-state index is -0.227. The van der Waals surface area contributed by atoms with E-state index >= 15 is 0 Å². The van der Waals surface area contributed by atoms with Crippen LogP contribution in [0.4, 0.5) is 4.39 Å². The highest BCUT2D eigenvalue weighted by Gasteiger charge is 2.06. The first-order valence-electron chi connectivity index (χ1n) is 7.95. The van der Waals surface area contributed by atoms with Gasteiger partial charge in [-0.25, -0.2) is 9.38 Å². The number of aromatic nitrogens is 1. The fourth-order valence-corrected chi connectivity index (χ4v) is 2.16. The standard InChI is InChI=1S/C18H23FN4O.HI/c1-3-21-18(22-11-12-24-17-5-4-10-20-13-17)23(2)14-15-6-8-16(19)9-7-15;/h4-10,13H,3,11-12,14H2,1-2H3,(H,21,22);1H. The number of nitrogens with one attached hydrogen (secondary N) is 1. The predicted octanol–water partition coefficient (Wildman–Crippen LogP) is 3.32. The highest BCUT2D eigenvalue weighted by Crippen LogP contribution is 2.07. The van der Waals surface area contributed by atoms with Gasteiger partial charge in [0.1, 0.15) is 18.2 Å². The van der Waals surface area contributed by atoms with Crippen LogP contribution in [-0.4, -0.2) is 42.6 Å². The van der Waals surface area contributed by atoms with Gasteiger partial charge in [0.15, 0.2) is 5.96 Å².